The largest absolute Gasteiger partial charge is 0.296 e. The molecule has 0 saturated heterocycles. The summed E-state index contributed by atoms with van der Waals surface area (Å²) in [6.07, 6.45) is 2.64. The van der Waals surface area contributed by atoms with Crippen LogP contribution in [0, 0.1) is 0 Å². The highest BCUT2D eigenvalue weighted by Gasteiger charge is 2.18. The van der Waals surface area contributed by atoms with E-state index in [9.17, 15) is 16.8 Å². The fourth-order valence-electron chi connectivity index (χ4n) is 1.87. The van der Waals surface area contributed by atoms with Crippen molar-refractivity contribution in [2.75, 3.05) is 12.4 Å². The van der Waals surface area contributed by atoms with Gasteiger partial charge in [0, 0.05) is 12.6 Å². The molecule has 9 heteroatoms. The molecule has 7 nitrogen and oxygen atoms in total. The maximum atomic E-state index is 12.0. The normalized spacial score (nSPS) is 14.3. The first-order chi connectivity index (χ1) is 9.78. The van der Waals surface area contributed by atoms with E-state index in [4.69, 9.17) is 8.74 Å². The van der Waals surface area contributed by atoms with Crippen molar-refractivity contribution in [1.82, 2.24) is 0 Å². The molecule has 0 saturated carbocycles. The molecule has 1 aliphatic heterocycles. The summed E-state index contributed by atoms with van der Waals surface area (Å²) in [7, 11) is -7.88. The smallest absolute Gasteiger partial charge is 0.286 e. The second-order valence-corrected chi connectivity index (χ2v) is 7.76. The number of rotatable bonds is 7. The van der Waals surface area contributed by atoms with E-state index >= 15 is 0 Å². The van der Waals surface area contributed by atoms with Gasteiger partial charge in [-0.2, -0.15) is 16.8 Å². The molecule has 1 aromatic carbocycles. The van der Waals surface area contributed by atoms with E-state index in [0.29, 0.717) is 6.42 Å². The summed E-state index contributed by atoms with van der Waals surface area (Å²) in [6, 6.07) is 4.57. The number of fused-ring (bicyclic) bond motifs is 1. The molecule has 0 amide bonds. The average Bonchev–Trinajstić information content (AvgIpc) is 2.83. The van der Waals surface area contributed by atoms with Crippen LogP contribution in [0.4, 0.5) is 5.69 Å². The van der Waals surface area contributed by atoms with E-state index in [2.05, 4.69) is 4.99 Å². The minimum absolute atomic E-state index is 0.0570. The van der Waals surface area contributed by atoms with Crippen LogP contribution in [0.5, 0.6) is 0 Å². The number of aliphatic imine (C=N–C) groups is 1. The quantitative estimate of drug-likeness (QED) is 0.458. The van der Waals surface area contributed by atoms with Crippen molar-refractivity contribution in [2.24, 2.45) is 4.99 Å². The summed E-state index contributed by atoms with van der Waals surface area (Å²) in [4.78, 5) is 4.15. The summed E-state index contributed by atoms with van der Waals surface area (Å²) < 4.78 is 58.3. The van der Waals surface area contributed by atoms with Gasteiger partial charge in [0.05, 0.1) is 22.9 Å². The van der Waals surface area contributed by atoms with Gasteiger partial charge in [-0.1, -0.05) is 0 Å². The summed E-state index contributed by atoms with van der Waals surface area (Å²) in [5.41, 5.74) is 1.58. The van der Waals surface area contributed by atoms with Gasteiger partial charge in [-0.25, -0.2) is 0 Å². The van der Waals surface area contributed by atoms with E-state index in [1.807, 2.05) is 0 Å². The predicted octanol–water partition coefficient (Wildman–Crippen LogP) is 1.32. The first-order valence-electron chi connectivity index (χ1n) is 6.28. The highest BCUT2D eigenvalue weighted by molar-refractivity contribution is 7.86. The Balaban J connectivity index is 1.90. The molecule has 0 atom stereocenters. The molecule has 0 radical (unpaired) electrons. The average molecular weight is 333 g/mol. The topological polar surface area (TPSA) is 110 Å². The minimum Gasteiger partial charge on any atom is -0.286 e. The van der Waals surface area contributed by atoms with Crippen molar-refractivity contribution in [3.8, 4) is 0 Å². The Kier molecular flexibility index (Phi) is 4.77. The third-order valence-corrected chi connectivity index (χ3v) is 5.03. The molecule has 21 heavy (non-hydrogen) atoms. The fourth-order valence-corrected chi connectivity index (χ4v) is 3.44. The maximum absolute atomic E-state index is 12.0. The molecule has 0 unspecified atom stereocenters. The standard InChI is InChI=1S/C12H15NO6S2/c14-20(15,16)8-2-1-7-19-21(17,18)11-3-4-12-10(9-11)5-6-13-12/h3-4,6,9H,1-2,5,7-8H2,(H,14,15,16). The first kappa shape index (κ1) is 16.1. The Labute approximate surface area is 123 Å². The second-order valence-electron chi connectivity index (χ2n) is 4.58. The highest BCUT2D eigenvalue weighted by Crippen LogP contribution is 2.27. The summed E-state index contributed by atoms with van der Waals surface area (Å²) in [5.74, 6) is -0.410. The van der Waals surface area contributed by atoms with Crippen molar-refractivity contribution in [2.45, 2.75) is 24.2 Å². The molecule has 0 aromatic heterocycles. The Morgan fingerprint density at radius 1 is 1.19 bits per heavy atom. The molecule has 0 aliphatic carbocycles. The lowest BCUT2D eigenvalue weighted by Crippen LogP contribution is -2.10. The zero-order valence-electron chi connectivity index (χ0n) is 11.1. The molecular weight excluding hydrogens is 318 g/mol. The molecular formula is C12H15NO6S2. The Hall–Kier alpha value is -1.29. The van der Waals surface area contributed by atoms with Crippen LogP contribution in [0.25, 0.3) is 0 Å². The fraction of sp³-hybridized carbons (Fsp3) is 0.417. The van der Waals surface area contributed by atoms with Crippen LogP contribution in [0.2, 0.25) is 0 Å². The van der Waals surface area contributed by atoms with E-state index in [-0.39, 0.29) is 24.3 Å². The molecule has 0 bridgehead atoms. The number of nitrogens with zero attached hydrogens (tertiary/aromatic N) is 1. The molecule has 1 aromatic rings. The van der Waals surface area contributed by atoms with Gasteiger partial charge in [-0.05, 0) is 36.6 Å². The molecule has 1 heterocycles. The maximum Gasteiger partial charge on any atom is 0.296 e. The van der Waals surface area contributed by atoms with Gasteiger partial charge in [-0.15, -0.1) is 0 Å². The van der Waals surface area contributed by atoms with Gasteiger partial charge in [-0.3, -0.25) is 13.7 Å². The molecule has 2 rings (SSSR count). The molecule has 1 N–H and O–H groups in total. The van der Waals surface area contributed by atoms with Crippen LogP contribution in [-0.4, -0.2) is 40.0 Å². The summed E-state index contributed by atoms with van der Waals surface area (Å²) in [6.45, 7) is -0.133. The number of hydrogen-bond donors (Lipinski definition) is 1. The van der Waals surface area contributed by atoms with Crippen molar-refractivity contribution in [3.63, 3.8) is 0 Å². The second kappa shape index (κ2) is 6.22. The SMILES string of the molecule is O=S(=O)(O)CCCCOS(=O)(=O)c1ccc2c(c1)CC=N2. The van der Waals surface area contributed by atoms with Gasteiger partial charge >= 0.3 is 0 Å². The van der Waals surface area contributed by atoms with Crippen LogP contribution in [-0.2, 0) is 30.8 Å². The lowest BCUT2D eigenvalue weighted by atomic mass is 10.2. The van der Waals surface area contributed by atoms with Gasteiger partial charge in [0.1, 0.15) is 0 Å². The van der Waals surface area contributed by atoms with Gasteiger partial charge in [0.25, 0.3) is 20.2 Å². The highest BCUT2D eigenvalue weighted by atomic mass is 32.2. The van der Waals surface area contributed by atoms with E-state index in [1.165, 1.54) is 12.1 Å². The van der Waals surface area contributed by atoms with E-state index < -0.39 is 26.0 Å². The van der Waals surface area contributed by atoms with Crippen LogP contribution >= 0.6 is 0 Å². The first-order valence-corrected chi connectivity index (χ1v) is 9.30. The van der Waals surface area contributed by atoms with Crippen LogP contribution in [0.15, 0.2) is 28.1 Å². The van der Waals surface area contributed by atoms with Gasteiger partial charge < -0.3 is 0 Å². The van der Waals surface area contributed by atoms with Crippen molar-refractivity contribution >= 4 is 32.1 Å². The number of unbranched alkanes of at least 4 members (excludes halogenated alkanes) is 1. The monoisotopic (exact) mass is 333 g/mol. The van der Waals surface area contributed by atoms with Crippen LogP contribution in [0.1, 0.15) is 18.4 Å². The van der Waals surface area contributed by atoms with Gasteiger partial charge in [0.2, 0.25) is 0 Å². The summed E-state index contributed by atoms with van der Waals surface area (Å²) >= 11 is 0. The zero-order valence-corrected chi connectivity index (χ0v) is 12.7. The lowest BCUT2D eigenvalue weighted by molar-refractivity contribution is 0.310. The third-order valence-electron chi connectivity index (χ3n) is 2.92. The predicted molar refractivity (Wildman–Crippen MR) is 77.1 cm³/mol. The Morgan fingerprint density at radius 3 is 2.67 bits per heavy atom. The molecule has 1 aliphatic rings. The van der Waals surface area contributed by atoms with Crippen molar-refractivity contribution < 1.29 is 25.6 Å². The van der Waals surface area contributed by atoms with Gasteiger partial charge in [0.15, 0.2) is 0 Å². The Bertz CT molecular complexity index is 752. The van der Waals surface area contributed by atoms with Crippen molar-refractivity contribution in [1.29, 1.82) is 0 Å². The van der Waals surface area contributed by atoms with E-state index in [1.54, 1.807) is 12.3 Å². The molecule has 0 fully saturated rings. The van der Waals surface area contributed by atoms with Crippen LogP contribution in [0.3, 0.4) is 0 Å². The Morgan fingerprint density at radius 2 is 1.95 bits per heavy atom. The summed E-state index contributed by atoms with van der Waals surface area (Å²) in [5, 5.41) is 0. The third kappa shape index (κ3) is 4.60. The number of benzene rings is 1. The van der Waals surface area contributed by atoms with E-state index in [0.717, 1.165) is 11.3 Å². The molecule has 116 valence electrons. The van der Waals surface area contributed by atoms with Crippen molar-refractivity contribution in [3.05, 3.63) is 23.8 Å². The zero-order chi connectivity index (χ0) is 15.5. The lowest BCUT2D eigenvalue weighted by Gasteiger charge is -2.07. The minimum atomic E-state index is -4.02. The van der Waals surface area contributed by atoms with Crippen LogP contribution < -0.4 is 0 Å². The molecule has 0 spiro atoms. The number of hydrogen-bond acceptors (Lipinski definition) is 6.